The number of benzene rings is 2. The number of rotatable bonds is 4. The van der Waals surface area contributed by atoms with E-state index in [9.17, 15) is 14.4 Å². The molecule has 2 aromatic carbocycles. The van der Waals surface area contributed by atoms with Crippen LogP contribution in [0.25, 0.3) is 16.6 Å². The van der Waals surface area contributed by atoms with Crippen molar-refractivity contribution in [3.05, 3.63) is 74.9 Å². The third-order valence-corrected chi connectivity index (χ3v) is 3.61. The van der Waals surface area contributed by atoms with Crippen LogP contribution < -0.4 is 11.2 Å². The highest BCUT2D eigenvalue weighted by atomic mass is 16.5. The minimum Gasteiger partial charge on any atom is -0.462 e. The highest BCUT2D eigenvalue weighted by Crippen LogP contribution is 2.14. The van der Waals surface area contributed by atoms with Gasteiger partial charge in [0.1, 0.15) is 0 Å². The number of esters is 1. The van der Waals surface area contributed by atoms with Crippen molar-refractivity contribution in [3.63, 3.8) is 0 Å². The molecule has 0 aliphatic heterocycles. The summed E-state index contributed by atoms with van der Waals surface area (Å²) in [6, 6.07) is 13.1. The number of aromatic amines is 1. The van der Waals surface area contributed by atoms with Crippen LogP contribution in [0.4, 0.5) is 0 Å². The van der Waals surface area contributed by atoms with Crippen LogP contribution in [0.3, 0.4) is 0 Å². The van der Waals surface area contributed by atoms with E-state index < -0.39 is 17.2 Å². The van der Waals surface area contributed by atoms with Crippen LogP contribution in [0.2, 0.25) is 0 Å². The molecule has 0 bridgehead atoms. The fraction of sp³-hybridized carbons (Fsp3) is 0.167. The van der Waals surface area contributed by atoms with Crippen LogP contribution >= 0.6 is 0 Å². The van der Waals surface area contributed by atoms with Crippen molar-refractivity contribution in [1.82, 2.24) is 9.55 Å². The second-order valence-electron chi connectivity index (χ2n) is 5.27. The van der Waals surface area contributed by atoms with Gasteiger partial charge in [-0.1, -0.05) is 31.2 Å². The van der Waals surface area contributed by atoms with Gasteiger partial charge in [-0.3, -0.25) is 4.79 Å². The Labute approximate surface area is 137 Å². The van der Waals surface area contributed by atoms with Gasteiger partial charge in [0.2, 0.25) is 0 Å². The number of para-hydroxylation sites is 2. The summed E-state index contributed by atoms with van der Waals surface area (Å²) >= 11 is 0. The summed E-state index contributed by atoms with van der Waals surface area (Å²) in [5.41, 5.74) is -0.251. The van der Waals surface area contributed by atoms with Crippen molar-refractivity contribution in [2.75, 3.05) is 6.61 Å². The van der Waals surface area contributed by atoms with Crippen molar-refractivity contribution in [3.8, 4) is 5.69 Å². The SMILES string of the molecule is CCCOC(=O)c1ccccc1-n1c(=O)[nH]c2ccccc2c1=O. The first kappa shape index (κ1) is 15.7. The molecule has 3 aromatic rings. The number of carbonyl (C=O) groups is 1. The van der Waals surface area contributed by atoms with E-state index >= 15 is 0 Å². The number of ether oxygens (including phenoxy) is 1. The Kier molecular flexibility index (Phi) is 4.29. The lowest BCUT2D eigenvalue weighted by molar-refractivity contribution is 0.0505. The highest BCUT2D eigenvalue weighted by Gasteiger charge is 2.17. The lowest BCUT2D eigenvalue weighted by Gasteiger charge is -2.11. The topological polar surface area (TPSA) is 81.2 Å². The number of hydrogen-bond acceptors (Lipinski definition) is 4. The van der Waals surface area contributed by atoms with Crippen LogP contribution in [0.5, 0.6) is 0 Å². The van der Waals surface area contributed by atoms with Crippen molar-refractivity contribution in [2.45, 2.75) is 13.3 Å². The van der Waals surface area contributed by atoms with Crippen molar-refractivity contribution in [1.29, 1.82) is 0 Å². The van der Waals surface area contributed by atoms with Crippen LogP contribution in [0.15, 0.2) is 58.1 Å². The number of nitrogens with one attached hydrogen (secondary N) is 1. The first-order valence-electron chi connectivity index (χ1n) is 7.64. The number of H-pyrrole nitrogens is 1. The molecule has 3 rings (SSSR count). The van der Waals surface area contributed by atoms with Gasteiger partial charge in [-0.05, 0) is 30.7 Å². The minimum absolute atomic E-state index is 0.175. The summed E-state index contributed by atoms with van der Waals surface area (Å²) in [6.45, 7) is 2.16. The second kappa shape index (κ2) is 6.54. The third-order valence-electron chi connectivity index (χ3n) is 3.61. The van der Waals surface area contributed by atoms with Gasteiger partial charge in [0.25, 0.3) is 5.56 Å². The minimum atomic E-state index is -0.602. The number of hydrogen-bond donors (Lipinski definition) is 1. The van der Waals surface area contributed by atoms with E-state index in [1.54, 1.807) is 42.5 Å². The fourth-order valence-electron chi connectivity index (χ4n) is 2.49. The van der Waals surface area contributed by atoms with Crippen LogP contribution in [-0.4, -0.2) is 22.1 Å². The fourth-order valence-corrected chi connectivity index (χ4v) is 2.49. The van der Waals surface area contributed by atoms with E-state index in [1.165, 1.54) is 6.07 Å². The monoisotopic (exact) mass is 324 g/mol. The van der Waals surface area contributed by atoms with E-state index in [0.717, 1.165) is 4.57 Å². The van der Waals surface area contributed by atoms with E-state index in [2.05, 4.69) is 4.98 Å². The Morgan fingerprint density at radius 1 is 1.08 bits per heavy atom. The van der Waals surface area contributed by atoms with Crippen LogP contribution in [-0.2, 0) is 4.74 Å². The molecule has 0 saturated carbocycles. The smallest absolute Gasteiger partial charge is 0.340 e. The lowest BCUT2D eigenvalue weighted by atomic mass is 10.1. The van der Waals surface area contributed by atoms with Gasteiger partial charge in [0.15, 0.2) is 0 Å². The average Bonchev–Trinajstić information content (AvgIpc) is 2.60. The molecular formula is C18H16N2O4. The molecule has 0 unspecified atom stereocenters. The predicted molar refractivity (Wildman–Crippen MR) is 90.7 cm³/mol. The van der Waals surface area contributed by atoms with Gasteiger partial charge in [-0.15, -0.1) is 0 Å². The molecule has 24 heavy (non-hydrogen) atoms. The highest BCUT2D eigenvalue weighted by molar-refractivity contribution is 5.93. The summed E-state index contributed by atoms with van der Waals surface area (Å²) in [5, 5.41) is 0.369. The standard InChI is InChI=1S/C18H16N2O4/c1-2-11-24-17(22)13-8-4-6-10-15(13)20-16(21)12-7-3-5-9-14(12)19-18(20)23/h3-10H,2,11H2,1H3,(H,19,23). The molecule has 0 spiro atoms. The van der Waals surface area contributed by atoms with Crippen LogP contribution in [0, 0.1) is 0 Å². The van der Waals surface area contributed by atoms with Crippen LogP contribution in [0.1, 0.15) is 23.7 Å². The Hall–Kier alpha value is -3.15. The van der Waals surface area contributed by atoms with Crippen molar-refractivity contribution in [2.24, 2.45) is 0 Å². The number of carbonyl (C=O) groups excluding carboxylic acids is 1. The van der Waals surface area contributed by atoms with Crippen molar-refractivity contribution < 1.29 is 9.53 Å². The molecule has 122 valence electrons. The zero-order chi connectivity index (χ0) is 17.1. The first-order valence-corrected chi connectivity index (χ1v) is 7.64. The van der Waals surface area contributed by atoms with E-state index in [-0.39, 0.29) is 17.9 Å². The lowest BCUT2D eigenvalue weighted by Crippen LogP contribution is -2.34. The number of nitrogens with zero attached hydrogens (tertiary/aromatic N) is 1. The zero-order valence-corrected chi connectivity index (χ0v) is 13.1. The van der Waals surface area contributed by atoms with E-state index in [4.69, 9.17) is 4.74 Å². The third kappa shape index (κ3) is 2.74. The summed E-state index contributed by atoms with van der Waals surface area (Å²) in [5.74, 6) is -0.563. The Morgan fingerprint density at radius 2 is 1.79 bits per heavy atom. The molecule has 0 saturated heterocycles. The Morgan fingerprint density at radius 3 is 2.58 bits per heavy atom. The summed E-state index contributed by atoms with van der Waals surface area (Å²) < 4.78 is 6.10. The van der Waals surface area contributed by atoms with Gasteiger partial charge in [0.05, 0.1) is 28.8 Å². The van der Waals surface area contributed by atoms with Crippen molar-refractivity contribution >= 4 is 16.9 Å². The molecular weight excluding hydrogens is 308 g/mol. The molecule has 0 aliphatic carbocycles. The summed E-state index contributed by atoms with van der Waals surface area (Å²) in [6.07, 6.45) is 0.685. The molecule has 6 nitrogen and oxygen atoms in total. The maximum Gasteiger partial charge on any atom is 0.340 e. The van der Waals surface area contributed by atoms with Gasteiger partial charge >= 0.3 is 11.7 Å². The van der Waals surface area contributed by atoms with E-state index in [0.29, 0.717) is 17.3 Å². The zero-order valence-electron chi connectivity index (χ0n) is 13.1. The average molecular weight is 324 g/mol. The van der Waals surface area contributed by atoms with Gasteiger partial charge in [-0.25, -0.2) is 14.2 Å². The number of aromatic nitrogens is 2. The van der Waals surface area contributed by atoms with Gasteiger partial charge < -0.3 is 9.72 Å². The quantitative estimate of drug-likeness (QED) is 0.746. The number of fused-ring (bicyclic) bond motifs is 1. The molecule has 0 radical (unpaired) electrons. The molecule has 0 amide bonds. The maximum atomic E-state index is 12.7. The Balaban J connectivity index is 2.24. The molecule has 1 N–H and O–H groups in total. The normalized spacial score (nSPS) is 10.7. The van der Waals surface area contributed by atoms with E-state index in [1.807, 2.05) is 6.92 Å². The second-order valence-corrected chi connectivity index (χ2v) is 5.27. The largest absolute Gasteiger partial charge is 0.462 e. The summed E-state index contributed by atoms with van der Waals surface area (Å²) in [4.78, 5) is 40.0. The molecule has 0 aliphatic rings. The van der Waals surface area contributed by atoms with Gasteiger partial charge in [-0.2, -0.15) is 0 Å². The molecule has 0 atom stereocenters. The summed E-state index contributed by atoms with van der Waals surface area (Å²) in [7, 11) is 0. The molecule has 0 fully saturated rings. The molecule has 6 heteroatoms. The maximum absolute atomic E-state index is 12.7. The predicted octanol–water partition coefficient (Wildman–Crippen LogP) is 2.25. The Bertz CT molecular complexity index is 1020. The molecule has 1 aromatic heterocycles. The molecule has 1 heterocycles. The first-order chi connectivity index (χ1) is 11.6. The van der Waals surface area contributed by atoms with Gasteiger partial charge in [0, 0.05) is 0 Å².